The van der Waals surface area contributed by atoms with Crippen molar-refractivity contribution >= 4 is 22.5 Å². The summed E-state index contributed by atoms with van der Waals surface area (Å²) >= 11 is 6.19. The number of para-hydroxylation sites is 1. The molecule has 1 aromatic heterocycles. The fourth-order valence-corrected chi connectivity index (χ4v) is 2.19. The van der Waals surface area contributed by atoms with Gasteiger partial charge in [0.1, 0.15) is 0 Å². The number of benzene rings is 1. The summed E-state index contributed by atoms with van der Waals surface area (Å²) in [5.74, 6) is 0. The fourth-order valence-electron chi connectivity index (χ4n) is 1.91. The lowest BCUT2D eigenvalue weighted by Gasteiger charge is -2.06. The standard InChI is InChI=1S/C13H14ClF3N2/c14-12-9-4-1-2-5-10(9)19-11(12)8-18-7-3-6-13(15,16)17/h1-2,4-5,18-19H,3,6-8H2. The van der Waals surface area contributed by atoms with Crippen LogP contribution in [0.3, 0.4) is 0 Å². The van der Waals surface area contributed by atoms with Crippen molar-refractivity contribution in [3.05, 3.63) is 35.0 Å². The van der Waals surface area contributed by atoms with E-state index in [0.29, 0.717) is 18.1 Å². The fraction of sp³-hybridized carbons (Fsp3) is 0.385. The van der Waals surface area contributed by atoms with Gasteiger partial charge in [-0.25, -0.2) is 0 Å². The quantitative estimate of drug-likeness (QED) is 0.792. The molecule has 0 spiro atoms. The number of halogens is 4. The topological polar surface area (TPSA) is 27.8 Å². The third-order valence-corrected chi connectivity index (χ3v) is 3.26. The van der Waals surface area contributed by atoms with Crippen LogP contribution in [0.1, 0.15) is 18.5 Å². The molecule has 19 heavy (non-hydrogen) atoms. The van der Waals surface area contributed by atoms with Crippen LogP contribution in [0.2, 0.25) is 5.02 Å². The van der Waals surface area contributed by atoms with Gasteiger partial charge in [-0.05, 0) is 19.0 Å². The van der Waals surface area contributed by atoms with Crippen LogP contribution < -0.4 is 5.32 Å². The molecule has 6 heteroatoms. The van der Waals surface area contributed by atoms with Gasteiger partial charge in [0.05, 0.1) is 5.02 Å². The minimum Gasteiger partial charge on any atom is -0.356 e. The molecule has 104 valence electrons. The summed E-state index contributed by atoms with van der Waals surface area (Å²) in [6, 6.07) is 7.61. The molecule has 2 N–H and O–H groups in total. The first-order valence-corrected chi connectivity index (χ1v) is 6.38. The Morgan fingerprint density at radius 3 is 2.63 bits per heavy atom. The normalized spacial score (nSPS) is 12.2. The molecule has 1 aromatic carbocycles. The van der Waals surface area contributed by atoms with Crippen LogP contribution in [0, 0.1) is 0 Å². The van der Waals surface area contributed by atoms with Crippen LogP contribution in [0.5, 0.6) is 0 Å². The van der Waals surface area contributed by atoms with Crippen molar-refractivity contribution in [2.75, 3.05) is 6.54 Å². The number of aromatic amines is 1. The lowest BCUT2D eigenvalue weighted by molar-refractivity contribution is -0.135. The second-order valence-electron chi connectivity index (χ2n) is 4.36. The molecule has 2 nitrogen and oxygen atoms in total. The monoisotopic (exact) mass is 290 g/mol. The molecule has 0 bridgehead atoms. The lowest BCUT2D eigenvalue weighted by atomic mass is 10.2. The van der Waals surface area contributed by atoms with Crippen LogP contribution in [-0.4, -0.2) is 17.7 Å². The first kappa shape index (κ1) is 14.2. The van der Waals surface area contributed by atoms with E-state index in [1.54, 1.807) is 0 Å². The number of hydrogen-bond acceptors (Lipinski definition) is 1. The smallest absolute Gasteiger partial charge is 0.356 e. The zero-order chi connectivity index (χ0) is 13.9. The van der Waals surface area contributed by atoms with Crippen LogP contribution in [-0.2, 0) is 6.54 Å². The Hall–Kier alpha value is -1.20. The maximum absolute atomic E-state index is 12.0. The molecule has 0 saturated heterocycles. The number of aromatic nitrogens is 1. The van der Waals surface area contributed by atoms with Crippen molar-refractivity contribution in [2.45, 2.75) is 25.6 Å². The van der Waals surface area contributed by atoms with E-state index in [1.165, 1.54) is 0 Å². The number of H-pyrrole nitrogens is 1. The number of alkyl halides is 3. The van der Waals surface area contributed by atoms with E-state index in [9.17, 15) is 13.2 Å². The Labute approximate surface area is 113 Å². The van der Waals surface area contributed by atoms with Crippen molar-refractivity contribution in [3.63, 3.8) is 0 Å². The predicted molar refractivity (Wildman–Crippen MR) is 70.3 cm³/mol. The van der Waals surface area contributed by atoms with E-state index >= 15 is 0 Å². The molecule has 2 rings (SSSR count). The SMILES string of the molecule is FC(F)(F)CCCNCc1[nH]c2ccccc2c1Cl. The van der Waals surface area contributed by atoms with Gasteiger partial charge in [-0.2, -0.15) is 13.2 Å². The summed E-state index contributed by atoms with van der Waals surface area (Å²) < 4.78 is 35.9. The molecule has 0 saturated carbocycles. The number of nitrogens with one attached hydrogen (secondary N) is 2. The van der Waals surface area contributed by atoms with Crippen molar-refractivity contribution in [3.8, 4) is 0 Å². The van der Waals surface area contributed by atoms with E-state index in [2.05, 4.69) is 10.3 Å². The zero-order valence-corrected chi connectivity index (χ0v) is 10.9. The van der Waals surface area contributed by atoms with E-state index in [4.69, 9.17) is 11.6 Å². The highest BCUT2D eigenvalue weighted by Gasteiger charge is 2.25. The highest BCUT2D eigenvalue weighted by atomic mass is 35.5. The summed E-state index contributed by atoms with van der Waals surface area (Å²) in [6.07, 6.45) is -4.78. The molecule has 0 fully saturated rings. The zero-order valence-electron chi connectivity index (χ0n) is 10.1. The Morgan fingerprint density at radius 1 is 1.21 bits per heavy atom. The Balaban J connectivity index is 1.87. The second-order valence-corrected chi connectivity index (χ2v) is 4.74. The molecule has 0 unspecified atom stereocenters. The molecule has 2 aromatic rings. The highest BCUT2D eigenvalue weighted by Crippen LogP contribution is 2.27. The largest absolute Gasteiger partial charge is 0.389 e. The first-order valence-electron chi connectivity index (χ1n) is 6.00. The number of fused-ring (bicyclic) bond motifs is 1. The van der Waals surface area contributed by atoms with Crippen molar-refractivity contribution in [2.24, 2.45) is 0 Å². The summed E-state index contributed by atoms with van der Waals surface area (Å²) in [5.41, 5.74) is 1.73. The second kappa shape index (κ2) is 5.84. The summed E-state index contributed by atoms with van der Waals surface area (Å²) in [6.45, 7) is 0.747. The number of rotatable bonds is 5. The lowest BCUT2D eigenvalue weighted by Crippen LogP contribution is -2.18. The molecule has 0 aliphatic heterocycles. The molecule has 1 heterocycles. The third kappa shape index (κ3) is 3.88. The minimum absolute atomic E-state index is 0.0708. The van der Waals surface area contributed by atoms with E-state index in [1.807, 2.05) is 24.3 Å². The average molecular weight is 291 g/mol. The molecule has 0 atom stereocenters. The van der Waals surface area contributed by atoms with Crippen molar-refractivity contribution in [1.82, 2.24) is 10.3 Å². The van der Waals surface area contributed by atoms with E-state index < -0.39 is 12.6 Å². The molecular formula is C13H14ClF3N2. The average Bonchev–Trinajstić information content (AvgIpc) is 2.65. The van der Waals surface area contributed by atoms with Gasteiger partial charge in [-0.1, -0.05) is 29.8 Å². The molecule has 0 aliphatic rings. The number of hydrogen-bond donors (Lipinski definition) is 2. The molecule has 0 aliphatic carbocycles. The van der Waals surface area contributed by atoms with E-state index in [-0.39, 0.29) is 6.42 Å². The highest BCUT2D eigenvalue weighted by molar-refractivity contribution is 6.36. The van der Waals surface area contributed by atoms with Gasteiger partial charge in [0.15, 0.2) is 0 Å². The van der Waals surface area contributed by atoms with E-state index in [0.717, 1.165) is 16.6 Å². The van der Waals surface area contributed by atoms with Gasteiger partial charge >= 0.3 is 6.18 Å². The third-order valence-electron chi connectivity index (χ3n) is 2.83. The maximum Gasteiger partial charge on any atom is 0.389 e. The van der Waals surface area contributed by atoms with Gasteiger partial charge < -0.3 is 10.3 Å². The molecular weight excluding hydrogens is 277 g/mol. The van der Waals surface area contributed by atoms with Gasteiger partial charge in [-0.15, -0.1) is 0 Å². The predicted octanol–water partition coefficient (Wildman–Crippen LogP) is 4.25. The first-order chi connectivity index (χ1) is 8.97. The van der Waals surface area contributed by atoms with Crippen LogP contribution in [0.15, 0.2) is 24.3 Å². The Kier molecular flexibility index (Phi) is 4.37. The summed E-state index contributed by atoms with van der Waals surface area (Å²) in [5, 5.41) is 4.51. The van der Waals surface area contributed by atoms with Gasteiger partial charge in [0.2, 0.25) is 0 Å². The molecule has 0 radical (unpaired) electrons. The Bertz CT molecular complexity index is 548. The molecule has 0 amide bonds. The van der Waals surface area contributed by atoms with Crippen molar-refractivity contribution in [1.29, 1.82) is 0 Å². The minimum atomic E-state index is -4.08. The van der Waals surface area contributed by atoms with Crippen molar-refractivity contribution < 1.29 is 13.2 Å². The van der Waals surface area contributed by atoms with Gasteiger partial charge in [0.25, 0.3) is 0 Å². The summed E-state index contributed by atoms with van der Waals surface area (Å²) in [4.78, 5) is 3.15. The summed E-state index contributed by atoms with van der Waals surface area (Å²) in [7, 11) is 0. The van der Waals surface area contributed by atoms with Crippen LogP contribution in [0.4, 0.5) is 13.2 Å². The van der Waals surface area contributed by atoms with Gasteiger partial charge in [-0.3, -0.25) is 0 Å². The maximum atomic E-state index is 12.0. The van der Waals surface area contributed by atoms with Gasteiger partial charge in [0, 0.05) is 29.6 Å². The van der Waals surface area contributed by atoms with Crippen LogP contribution >= 0.6 is 11.6 Å². The van der Waals surface area contributed by atoms with Crippen LogP contribution in [0.25, 0.3) is 10.9 Å². The Morgan fingerprint density at radius 2 is 1.95 bits per heavy atom.